The van der Waals surface area contributed by atoms with E-state index in [-0.39, 0.29) is 65.9 Å². The standard InChI is InChI=1S/C45H53N7O12S/c53-29-16-12-25(13-17-29)18-30(44(61)62)43-39(50-19-26-10-14-28(15-11-26)40(58)27-6-2-1-3-7-27)42(60)41(59)32(64-43)20-46-35(55)22-48-37(57)23-49-36(56)21-47-34(54)9-5-4-8-33-38-31(24-65-33)51-45(63)52-38/h1-3,6-7,10-18,31-33,38-39,41-43,50,53,59-60H,4-5,8-9,19-24H2,(H,46,55)(H,47,54)(H,48,57)(H,49,56)(H,61,62)(H2,51,52,63)/b30-18+/t31-,32+,33-,38-,39+,41-,42+,43-/m0/s1. The molecule has 65 heavy (non-hydrogen) atoms. The number of ketones is 1. The largest absolute Gasteiger partial charge is 0.508 e. The molecule has 20 heteroatoms. The van der Waals surface area contributed by atoms with E-state index in [2.05, 4.69) is 37.2 Å². The van der Waals surface area contributed by atoms with E-state index in [9.17, 15) is 54.0 Å². The number of thioether (sulfide) groups is 1. The lowest BCUT2D eigenvalue weighted by Crippen LogP contribution is -2.65. The Balaban J connectivity index is 0.955. The summed E-state index contributed by atoms with van der Waals surface area (Å²) in [6, 6.07) is 20.0. The minimum atomic E-state index is -1.62. The van der Waals surface area contributed by atoms with Crippen molar-refractivity contribution in [2.75, 3.05) is 31.9 Å². The van der Waals surface area contributed by atoms with E-state index in [1.54, 1.807) is 60.3 Å². The number of nitrogens with one attached hydrogen (secondary N) is 7. The highest BCUT2D eigenvalue weighted by molar-refractivity contribution is 8.00. The van der Waals surface area contributed by atoms with Crippen LogP contribution in [-0.2, 0) is 35.3 Å². The highest BCUT2D eigenvalue weighted by Gasteiger charge is 2.47. The van der Waals surface area contributed by atoms with Gasteiger partial charge in [0.1, 0.15) is 30.2 Å². The molecule has 0 bridgehead atoms. The third kappa shape index (κ3) is 13.6. The van der Waals surface area contributed by atoms with Crippen LogP contribution in [-0.4, -0.2) is 142 Å². The van der Waals surface area contributed by atoms with Gasteiger partial charge in [-0.2, -0.15) is 11.8 Å². The number of aliphatic hydroxyl groups is 2. The fourth-order valence-corrected chi connectivity index (χ4v) is 9.25. The first-order valence-electron chi connectivity index (χ1n) is 21.2. The Morgan fingerprint density at radius 2 is 1.38 bits per heavy atom. The number of phenolic OH excluding ortho intramolecular Hbond substituents is 1. The predicted octanol–water partition coefficient (Wildman–Crippen LogP) is -0.0706. The Morgan fingerprint density at radius 1 is 0.754 bits per heavy atom. The zero-order valence-corrected chi connectivity index (χ0v) is 36.1. The molecule has 0 spiro atoms. The molecule has 19 nitrogen and oxygen atoms in total. The van der Waals surface area contributed by atoms with Crippen LogP contribution in [0.5, 0.6) is 5.75 Å². The molecule has 3 aliphatic rings. The number of urea groups is 1. The van der Waals surface area contributed by atoms with Gasteiger partial charge in [0, 0.05) is 41.6 Å². The number of ether oxygens (including phenoxy) is 1. The van der Waals surface area contributed by atoms with Gasteiger partial charge in [-0.3, -0.25) is 24.0 Å². The average Bonchev–Trinajstić information content (AvgIpc) is 3.87. The quantitative estimate of drug-likeness (QED) is 0.0289. The number of carbonyl (C=O) groups excluding carboxylic acids is 6. The van der Waals surface area contributed by atoms with Gasteiger partial charge in [0.2, 0.25) is 23.6 Å². The van der Waals surface area contributed by atoms with Crippen molar-refractivity contribution in [1.82, 2.24) is 37.2 Å². The number of hydrogen-bond donors (Lipinski definition) is 11. The smallest absolute Gasteiger partial charge is 0.334 e. The molecule has 0 saturated carbocycles. The van der Waals surface area contributed by atoms with Crippen LogP contribution in [0.4, 0.5) is 4.79 Å². The molecule has 8 atom stereocenters. The van der Waals surface area contributed by atoms with Gasteiger partial charge in [-0.05, 0) is 42.2 Å². The number of carboxylic acid groups (broad SMARTS) is 1. The van der Waals surface area contributed by atoms with Crippen molar-refractivity contribution in [2.24, 2.45) is 0 Å². The Bertz CT molecular complexity index is 2210. The second-order valence-electron chi connectivity index (χ2n) is 15.9. The zero-order valence-electron chi connectivity index (χ0n) is 35.2. The molecule has 3 aliphatic heterocycles. The Hall–Kier alpha value is -6.32. The number of rotatable bonds is 21. The van der Waals surface area contributed by atoms with E-state index in [0.717, 1.165) is 18.6 Å². The highest BCUT2D eigenvalue weighted by atomic mass is 32.2. The Morgan fingerprint density at radius 3 is 2.05 bits per heavy atom. The van der Waals surface area contributed by atoms with Gasteiger partial charge in [0.15, 0.2) is 5.78 Å². The summed E-state index contributed by atoms with van der Waals surface area (Å²) >= 11 is 1.79. The fraction of sp³-hybridized carbons (Fsp3) is 0.400. The zero-order chi connectivity index (χ0) is 46.5. The summed E-state index contributed by atoms with van der Waals surface area (Å²) in [4.78, 5) is 86.9. The SMILES string of the molecule is O=C(CCCC[C@@H]1SC[C@@H]2NC(=O)N[C@@H]21)NCC(=O)NCC(=O)NCC(=O)NC[C@H]1O[C@@H](/C(=C\c2ccc(O)cc2)C(=O)O)[C@H](NCc2ccc(C(=O)c3ccccc3)cc2)[C@@H](O)[C@H]1O. The summed E-state index contributed by atoms with van der Waals surface area (Å²) in [7, 11) is 0. The second-order valence-corrected chi connectivity index (χ2v) is 17.1. The molecule has 3 saturated heterocycles. The van der Waals surface area contributed by atoms with Crippen LogP contribution >= 0.6 is 11.8 Å². The molecule has 6 rings (SSSR count). The maximum Gasteiger partial charge on any atom is 0.334 e. The van der Waals surface area contributed by atoms with E-state index in [1.807, 2.05) is 6.07 Å². The lowest BCUT2D eigenvalue weighted by Gasteiger charge is -2.43. The molecule has 3 aromatic rings. The van der Waals surface area contributed by atoms with Gasteiger partial charge in [-0.15, -0.1) is 0 Å². The number of hydrogen-bond acceptors (Lipinski definition) is 13. The van der Waals surface area contributed by atoms with E-state index in [1.165, 1.54) is 30.3 Å². The van der Waals surface area contributed by atoms with E-state index >= 15 is 0 Å². The maximum absolute atomic E-state index is 12.9. The molecule has 3 heterocycles. The first-order valence-corrected chi connectivity index (χ1v) is 22.2. The van der Waals surface area contributed by atoms with Gasteiger partial charge in [-0.25, -0.2) is 9.59 Å². The van der Waals surface area contributed by atoms with Gasteiger partial charge in [-0.1, -0.05) is 73.2 Å². The van der Waals surface area contributed by atoms with Crippen molar-refractivity contribution in [3.8, 4) is 5.75 Å². The number of fused-ring (bicyclic) bond motifs is 1. The van der Waals surface area contributed by atoms with Crippen molar-refractivity contribution in [1.29, 1.82) is 0 Å². The number of aliphatic carboxylic acids is 1. The number of amides is 6. The topological polar surface area (TPSA) is 294 Å². The van der Waals surface area contributed by atoms with Crippen LogP contribution in [0.3, 0.4) is 0 Å². The van der Waals surface area contributed by atoms with Gasteiger partial charge in [0.25, 0.3) is 0 Å². The van der Waals surface area contributed by atoms with Crippen LogP contribution < -0.4 is 37.2 Å². The third-order valence-corrected chi connectivity index (χ3v) is 12.7. The number of aliphatic hydroxyl groups excluding tert-OH is 2. The minimum absolute atomic E-state index is 0.0452. The molecule has 0 radical (unpaired) electrons. The van der Waals surface area contributed by atoms with E-state index in [4.69, 9.17) is 4.74 Å². The lowest BCUT2D eigenvalue weighted by molar-refractivity contribution is -0.176. The monoisotopic (exact) mass is 915 g/mol. The molecule has 0 aromatic heterocycles. The first-order chi connectivity index (χ1) is 31.2. The molecular weight excluding hydrogens is 863 g/mol. The van der Waals surface area contributed by atoms with Crippen molar-refractivity contribution < 1.29 is 58.7 Å². The molecule has 11 N–H and O–H groups in total. The number of unbranched alkanes of at least 4 members (excludes halogenated alkanes) is 1. The summed E-state index contributed by atoms with van der Waals surface area (Å²) in [6.07, 6.45) is -2.19. The van der Waals surface area contributed by atoms with Crippen LogP contribution in [0.2, 0.25) is 0 Å². The summed E-state index contributed by atoms with van der Waals surface area (Å²) in [5.41, 5.74) is 1.73. The molecule has 3 fully saturated rings. The predicted molar refractivity (Wildman–Crippen MR) is 237 cm³/mol. The van der Waals surface area contributed by atoms with Gasteiger partial charge in [0.05, 0.1) is 43.3 Å². The van der Waals surface area contributed by atoms with Crippen molar-refractivity contribution >= 4 is 59.3 Å². The van der Waals surface area contributed by atoms with Crippen LogP contribution in [0, 0.1) is 0 Å². The first kappa shape index (κ1) is 48.1. The molecule has 346 valence electrons. The van der Waals surface area contributed by atoms with Crippen molar-refractivity contribution in [3.05, 3.63) is 107 Å². The number of aromatic hydroxyl groups is 1. The third-order valence-electron chi connectivity index (χ3n) is 11.2. The van der Waals surface area contributed by atoms with Crippen LogP contribution in [0.25, 0.3) is 6.08 Å². The summed E-state index contributed by atoms with van der Waals surface area (Å²) in [5.74, 6) is -3.13. The molecule has 0 unspecified atom stereocenters. The second kappa shape index (κ2) is 23.0. The number of phenols is 1. The Kier molecular flexibility index (Phi) is 17.1. The fourth-order valence-electron chi connectivity index (χ4n) is 7.71. The molecule has 0 aliphatic carbocycles. The van der Waals surface area contributed by atoms with E-state index in [0.29, 0.717) is 28.7 Å². The normalized spacial score (nSPS) is 23.6. The van der Waals surface area contributed by atoms with E-state index < -0.39 is 73.8 Å². The number of benzene rings is 3. The summed E-state index contributed by atoms with van der Waals surface area (Å²) < 4.78 is 6.12. The van der Waals surface area contributed by atoms with Gasteiger partial charge >= 0.3 is 12.0 Å². The minimum Gasteiger partial charge on any atom is -0.508 e. The highest BCUT2D eigenvalue weighted by Crippen LogP contribution is 2.33. The number of carboxylic acids is 1. The molecule has 3 aromatic carbocycles. The van der Waals surface area contributed by atoms with Crippen LogP contribution in [0.1, 0.15) is 52.7 Å². The van der Waals surface area contributed by atoms with Gasteiger partial charge < -0.3 is 62.4 Å². The summed E-state index contributed by atoms with van der Waals surface area (Å²) in [6.45, 7) is -1.70. The van der Waals surface area contributed by atoms with Crippen LogP contribution in [0.15, 0.2) is 84.4 Å². The Labute approximate surface area is 378 Å². The van der Waals surface area contributed by atoms with Crippen molar-refractivity contribution in [2.45, 2.75) is 80.0 Å². The maximum atomic E-state index is 12.9. The molecule has 6 amide bonds. The summed E-state index contributed by atoms with van der Waals surface area (Å²) in [5, 5.41) is 61.7. The number of carbonyl (C=O) groups is 7. The lowest BCUT2D eigenvalue weighted by atomic mass is 9.87. The molecular formula is C45H53N7O12S. The average molecular weight is 916 g/mol. The van der Waals surface area contributed by atoms with Crippen molar-refractivity contribution in [3.63, 3.8) is 0 Å².